The van der Waals surface area contributed by atoms with Crippen LogP contribution in [0.15, 0.2) is 27.1 Å². The maximum absolute atomic E-state index is 10.1. The van der Waals surface area contributed by atoms with Gasteiger partial charge in [0.15, 0.2) is 0 Å². The minimum atomic E-state index is -0.175. The van der Waals surface area contributed by atoms with E-state index >= 15 is 0 Å². The average molecular weight is 376 g/mol. The number of rotatable bonds is 2. The second-order valence-corrected chi connectivity index (χ2v) is 7.06. The van der Waals surface area contributed by atoms with Crippen molar-refractivity contribution in [1.82, 2.24) is 0 Å². The summed E-state index contributed by atoms with van der Waals surface area (Å²) in [5.74, 6) is 0.862. The van der Waals surface area contributed by atoms with Gasteiger partial charge in [-0.25, -0.2) is 0 Å². The van der Waals surface area contributed by atoms with Crippen molar-refractivity contribution < 1.29 is 9.84 Å². The largest absolute Gasteiger partial charge is 0.487 e. The number of hydrogen-bond acceptors (Lipinski definition) is 2. The molecule has 1 aromatic rings. The van der Waals surface area contributed by atoms with Crippen molar-refractivity contribution in [1.29, 1.82) is 0 Å². The van der Waals surface area contributed by atoms with Gasteiger partial charge in [0.2, 0.25) is 0 Å². The van der Waals surface area contributed by atoms with Gasteiger partial charge < -0.3 is 9.84 Å². The minimum absolute atomic E-state index is 0.0225. The predicted molar refractivity (Wildman–Crippen MR) is 77.8 cm³/mol. The smallest absolute Gasteiger partial charge is 0.148 e. The maximum Gasteiger partial charge on any atom is 0.148 e. The lowest BCUT2D eigenvalue weighted by atomic mass is 9.62. The van der Waals surface area contributed by atoms with Gasteiger partial charge in [-0.1, -0.05) is 18.9 Å². The van der Waals surface area contributed by atoms with Crippen LogP contribution >= 0.6 is 31.9 Å². The molecule has 2 nitrogen and oxygen atoms in total. The summed E-state index contributed by atoms with van der Waals surface area (Å²) in [6, 6.07) is 5.94. The van der Waals surface area contributed by atoms with Gasteiger partial charge in [-0.05, 0) is 56.8 Å². The summed E-state index contributed by atoms with van der Waals surface area (Å²) < 4.78 is 8.09. The fourth-order valence-electron chi connectivity index (χ4n) is 3.32. The lowest BCUT2D eigenvalue weighted by Crippen LogP contribution is -2.58. The third-order valence-electron chi connectivity index (χ3n) is 4.46. The third-order valence-corrected chi connectivity index (χ3v) is 5.70. The molecule has 1 aromatic carbocycles. The number of ether oxygens (including phenoxy) is 1. The number of aliphatic hydroxyl groups excluding tert-OH is 1. The Labute approximate surface area is 124 Å². The monoisotopic (exact) mass is 374 g/mol. The number of aliphatic hydroxyl groups is 1. The molecule has 2 aliphatic rings. The van der Waals surface area contributed by atoms with Gasteiger partial charge in [-0.3, -0.25) is 0 Å². The van der Waals surface area contributed by atoms with Crippen LogP contribution in [0.2, 0.25) is 0 Å². The summed E-state index contributed by atoms with van der Waals surface area (Å²) in [6.45, 7) is 0. The second kappa shape index (κ2) is 4.80. The van der Waals surface area contributed by atoms with Gasteiger partial charge in [0.25, 0.3) is 0 Å². The van der Waals surface area contributed by atoms with E-state index in [4.69, 9.17) is 4.74 Å². The molecule has 0 heterocycles. The van der Waals surface area contributed by atoms with E-state index in [1.807, 2.05) is 18.2 Å². The normalized spacial score (nSPS) is 29.3. The highest BCUT2D eigenvalue weighted by Crippen LogP contribution is 2.55. The van der Waals surface area contributed by atoms with E-state index in [1.54, 1.807) is 0 Å². The molecule has 0 aromatic heterocycles. The Kier molecular flexibility index (Phi) is 3.45. The molecule has 1 spiro atoms. The summed E-state index contributed by atoms with van der Waals surface area (Å²) >= 11 is 7.05. The van der Waals surface area contributed by atoms with Crippen LogP contribution in [0.4, 0.5) is 0 Å². The quantitative estimate of drug-likeness (QED) is 0.835. The molecule has 0 radical (unpaired) electrons. The summed E-state index contributed by atoms with van der Waals surface area (Å²) in [5.41, 5.74) is 0.0225. The first-order chi connectivity index (χ1) is 8.63. The maximum atomic E-state index is 10.1. The fourth-order valence-corrected chi connectivity index (χ4v) is 4.50. The van der Waals surface area contributed by atoms with Crippen LogP contribution in [0.5, 0.6) is 5.75 Å². The lowest BCUT2D eigenvalue weighted by Gasteiger charge is -2.51. The van der Waals surface area contributed by atoms with E-state index in [-0.39, 0.29) is 17.6 Å². The van der Waals surface area contributed by atoms with Gasteiger partial charge in [0, 0.05) is 11.8 Å². The SMILES string of the molecule is OC1CC(Oc2c(Br)cccc2Br)C12CCCC2. The number of para-hydroxylation sites is 1. The van der Waals surface area contributed by atoms with Crippen molar-refractivity contribution in [3.63, 3.8) is 0 Å². The van der Waals surface area contributed by atoms with E-state index in [9.17, 15) is 5.11 Å². The standard InChI is InChI=1S/C14H16Br2O2/c15-9-4-3-5-10(16)13(9)18-12-8-11(17)14(12)6-1-2-7-14/h3-5,11-12,17H,1-2,6-8H2. The van der Waals surface area contributed by atoms with Gasteiger partial charge in [-0.2, -0.15) is 0 Å². The Balaban J connectivity index is 1.81. The summed E-state index contributed by atoms with van der Waals surface area (Å²) in [7, 11) is 0. The predicted octanol–water partition coefficient (Wildman–Crippen LogP) is 4.28. The van der Waals surface area contributed by atoms with Gasteiger partial charge >= 0.3 is 0 Å². The second-order valence-electron chi connectivity index (χ2n) is 5.35. The number of benzene rings is 1. The van der Waals surface area contributed by atoms with E-state index in [1.165, 1.54) is 12.8 Å². The zero-order valence-electron chi connectivity index (χ0n) is 10.0. The van der Waals surface area contributed by atoms with Gasteiger partial charge in [-0.15, -0.1) is 0 Å². The van der Waals surface area contributed by atoms with Gasteiger partial charge in [0.1, 0.15) is 11.9 Å². The first kappa shape index (κ1) is 12.9. The molecule has 2 saturated carbocycles. The minimum Gasteiger partial charge on any atom is -0.487 e. The summed E-state index contributed by atoms with van der Waals surface area (Å²) in [6.07, 6.45) is 5.37. The van der Waals surface area contributed by atoms with Crippen molar-refractivity contribution in [2.75, 3.05) is 0 Å². The fraction of sp³-hybridized carbons (Fsp3) is 0.571. The van der Waals surface area contributed by atoms with E-state index in [0.717, 1.165) is 34.0 Å². The molecule has 0 aliphatic heterocycles. The molecule has 0 saturated heterocycles. The summed E-state index contributed by atoms with van der Waals surface area (Å²) in [5, 5.41) is 10.1. The molecule has 18 heavy (non-hydrogen) atoms. The van der Waals surface area contributed by atoms with Crippen molar-refractivity contribution in [3.05, 3.63) is 27.1 Å². The average Bonchev–Trinajstić information content (AvgIpc) is 2.84. The molecule has 0 bridgehead atoms. The van der Waals surface area contributed by atoms with E-state index in [0.29, 0.717) is 0 Å². The Morgan fingerprint density at radius 1 is 1.17 bits per heavy atom. The van der Waals surface area contributed by atoms with Crippen LogP contribution in [0.25, 0.3) is 0 Å². The van der Waals surface area contributed by atoms with Gasteiger partial charge in [0.05, 0.1) is 15.0 Å². The lowest BCUT2D eigenvalue weighted by molar-refractivity contribution is -0.152. The Bertz CT molecular complexity index is 435. The first-order valence-electron chi connectivity index (χ1n) is 6.42. The summed E-state index contributed by atoms with van der Waals surface area (Å²) in [4.78, 5) is 0. The molecular formula is C14H16Br2O2. The van der Waals surface area contributed by atoms with Crippen molar-refractivity contribution in [2.24, 2.45) is 5.41 Å². The molecule has 3 rings (SSSR count). The molecular weight excluding hydrogens is 360 g/mol. The van der Waals surface area contributed by atoms with Crippen LogP contribution in [0.3, 0.4) is 0 Å². The van der Waals surface area contributed by atoms with Crippen LogP contribution < -0.4 is 4.74 Å². The van der Waals surface area contributed by atoms with Crippen LogP contribution in [0.1, 0.15) is 32.1 Å². The molecule has 0 amide bonds. The Hall–Kier alpha value is -0.0600. The zero-order valence-corrected chi connectivity index (χ0v) is 13.2. The van der Waals surface area contributed by atoms with Crippen molar-refractivity contribution >= 4 is 31.9 Å². The third kappa shape index (κ3) is 1.93. The van der Waals surface area contributed by atoms with Crippen LogP contribution in [-0.4, -0.2) is 17.3 Å². The molecule has 2 fully saturated rings. The molecule has 4 heteroatoms. The molecule has 1 N–H and O–H groups in total. The van der Waals surface area contributed by atoms with E-state index in [2.05, 4.69) is 31.9 Å². The highest BCUT2D eigenvalue weighted by atomic mass is 79.9. The molecule has 98 valence electrons. The Morgan fingerprint density at radius 2 is 1.78 bits per heavy atom. The molecule has 2 aliphatic carbocycles. The first-order valence-corrected chi connectivity index (χ1v) is 8.01. The highest BCUT2D eigenvalue weighted by molar-refractivity contribution is 9.11. The van der Waals surface area contributed by atoms with Crippen molar-refractivity contribution in [2.45, 2.75) is 44.3 Å². The van der Waals surface area contributed by atoms with Crippen LogP contribution in [-0.2, 0) is 0 Å². The number of halogens is 2. The number of hydrogen-bond donors (Lipinski definition) is 1. The zero-order chi connectivity index (χ0) is 12.8. The van der Waals surface area contributed by atoms with Crippen LogP contribution in [0, 0.1) is 5.41 Å². The van der Waals surface area contributed by atoms with Crippen molar-refractivity contribution in [3.8, 4) is 5.75 Å². The topological polar surface area (TPSA) is 29.5 Å². The molecule has 2 atom stereocenters. The van der Waals surface area contributed by atoms with E-state index < -0.39 is 0 Å². The molecule has 2 unspecified atom stereocenters. The Morgan fingerprint density at radius 3 is 2.33 bits per heavy atom. The highest BCUT2D eigenvalue weighted by Gasteiger charge is 2.57.